The molecule has 0 aliphatic carbocycles. The van der Waals surface area contributed by atoms with Crippen molar-refractivity contribution < 1.29 is 9.13 Å². The highest BCUT2D eigenvalue weighted by molar-refractivity contribution is 9.10. The van der Waals surface area contributed by atoms with Gasteiger partial charge in [-0.2, -0.15) is 0 Å². The van der Waals surface area contributed by atoms with E-state index in [1.807, 2.05) is 26.0 Å². The lowest BCUT2D eigenvalue weighted by atomic mass is 10.1. The van der Waals surface area contributed by atoms with Gasteiger partial charge >= 0.3 is 0 Å². The molecular formula is C14H12BrFO. The highest BCUT2D eigenvalue weighted by Gasteiger charge is 2.02. The fourth-order valence-electron chi connectivity index (χ4n) is 1.72. The Morgan fingerprint density at radius 1 is 0.882 bits per heavy atom. The van der Waals surface area contributed by atoms with E-state index in [4.69, 9.17) is 4.74 Å². The zero-order chi connectivity index (χ0) is 12.4. The molecular weight excluding hydrogens is 283 g/mol. The van der Waals surface area contributed by atoms with Gasteiger partial charge in [0.2, 0.25) is 0 Å². The maximum atomic E-state index is 13.2. The molecule has 2 aromatic carbocycles. The van der Waals surface area contributed by atoms with Gasteiger partial charge in [0.15, 0.2) is 0 Å². The van der Waals surface area contributed by atoms with Crippen LogP contribution in [0.2, 0.25) is 0 Å². The summed E-state index contributed by atoms with van der Waals surface area (Å²) in [6.07, 6.45) is 0. The predicted octanol–water partition coefficient (Wildman–Crippen LogP) is 5.00. The van der Waals surface area contributed by atoms with Crippen LogP contribution in [0, 0.1) is 19.7 Å². The molecule has 0 amide bonds. The summed E-state index contributed by atoms with van der Waals surface area (Å²) >= 11 is 3.24. The summed E-state index contributed by atoms with van der Waals surface area (Å²) in [4.78, 5) is 0. The van der Waals surface area contributed by atoms with Crippen molar-refractivity contribution in [3.8, 4) is 11.5 Å². The van der Waals surface area contributed by atoms with Crippen LogP contribution in [0.4, 0.5) is 4.39 Å². The van der Waals surface area contributed by atoms with Crippen LogP contribution >= 0.6 is 15.9 Å². The summed E-state index contributed by atoms with van der Waals surface area (Å²) < 4.78 is 19.5. The van der Waals surface area contributed by atoms with Crippen molar-refractivity contribution in [3.05, 3.63) is 57.8 Å². The topological polar surface area (TPSA) is 9.23 Å². The Bertz CT molecular complexity index is 462. The van der Waals surface area contributed by atoms with Gasteiger partial charge in [-0.05, 0) is 49.2 Å². The molecule has 2 aromatic rings. The molecule has 0 aliphatic heterocycles. The Morgan fingerprint density at radius 3 is 2.06 bits per heavy atom. The normalized spacial score (nSPS) is 10.4. The standard InChI is InChI=1S/C14H12BrFO/c1-9-3-10(2)5-13(4-9)17-14-7-11(15)6-12(16)8-14/h3-8H,1-2H3. The van der Waals surface area contributed by atoms with Crippen molar-refractivity contribution in [2.45, 2.75) is 13.8 Å². The number of halogens is 2. The molecule has 17 heavy (non-hydrogen) atoms. The van der Waals surface area contributed by atoms with E-state index in [1.54, 1.807) is 6.07 Å². The third kappa shape index (κ3) is 3.30. The van der Waals surface area contributed by atoms with Crippen LogP contribution in [0.3, 0.4) is 0 Å². The SMILES string of the molecule is Cc1cc(C)cc(Oc2cc(F)cc(Br)c2)c1. The minimum absolute atomic E-state index is 0.321. The Morgan fingerprint density at radius 2 is 1.47 bits per heavy atom. The molecule has 0 radical (unpaired) electrons. The van der Waals surface area contributed by atoms with Gasteiger partial charge in [-0.1, -0.05) is 22.0 Å². The van der Waals surface area contributed by atoms with Crippen LogP contribution in [-0.2, 0) is 0 Å². The first-order chi connectivity index (χ1) is 8.02. The van der Waals surface area contributed by atoms with Gasteiger partial charge in [-0.25, -0.2) is 4.39 Å². The van der Waals surface area contributed by atoms with Gasteiger partial charge < -0.3 is 4.74 Å². The lowest BCUT2D eigenvalue weighted by molar-refractivity contribution is 0.475. The minimum Gasteiger partial charge on any atom is -0.457 e. The monoisotopic (exact) mass is 294 g/mol. The van der Waals surface area contributed by atoms with E-state index in [2.05, 4.69) is 22.0 Å². The second-order valence-electron chi connectivity index (χ2n) is 4.03. The zero-order valence-corrected chi connectivity index (χ0v) is 11.2. The lowest BCUT2D eigenvalue weighted by Gasteiger charge is -2.08. The van der Waals surface area contributed by atoms with Gasteiger partial charge in [-0.3, -0.25) is 0 Å². The predicted molar refractivity (Wildman–Crippen MR) is 70.1 cm³/mol. The number of aryl methyl sites for hydroxylation is 2. The number of benzene rings is 2. The van der Waals surface area contributed by atoms with Crippen LogP contribution in [0.15, 0.2) is 40.9 Å². The number of ether oxygens (including phenoxy) is 1. The molecule has 0 atom stereocenters. The second kappa shape index (κ2) is 4.88. The molecule has 0 bridgehead atoms. The third-order valence-electron chi connectivity index (χ3n) is 2.27. The van der Waals surface area contributed by atoms with Crippen molar-refractivity contribution in [3.63, 3.8) is 0 Å². The Kier molecular flexibility index (Phi) is 3.48. The van der Waals surface area contributed by atoms with Crippen LogP contribution in [0.1, 0.15) is 11.1 Å². The lowest BCUT2D eigenvalue weighted by Crippen LogP contribution is -1.88. The highest BCUT2D eigenvalue weighted by Crippen LogP contribution is 2.27. The quantitative estimate of drug-likeness (QED) is 0.757. The molecule has 0 fully saturated rings. The van der Waals surface area contributed by atoms with Crippen LogP contribution in [0.25, 0.3) is 0 Å². The summed E-state index contributed by atoms with van der Waals surface area (Å²) in [5, 5.41) is 0. The molecule has 3 heteroatoms. The van der Waals surface area contributed by atoms with E-state index < -0.39 is 0 Å². The van der Waals surface area contributed by atoms with Gasteiger partial charge in [0.05, 0.1) is 0 Å². The molecule has 0 aliphatic rings. The fourth-order valence-corrected chi connectivity index (χ4v) is 2.16. The van der Waals surface area contributed by atoms with Crippen molar-refractivity contribution in [1.29, 1.82) is 0 Å². The van der Waals surface area contributed by atoms with Crippen molar-refractivity contribution >= 4 is 15.9 Å². The van der Waals surface area contributed by atoms with E-state index in [0.29, 0.717) is 10.2 Å². The van der Waals surface area contributed by atoms with Crippen molar-refractivity contribution in [2.24, 2.45) is 0 Å². The summed E-state index contributed by atoms with van der Waals surface area (Å²) in [6.45, 7) is 4.00. The molecule has 0 N–H and O–H groups in total. The summed E-state index contributed by atoms with van der Waals surface area (Å²) in [7, 11) is 0. The Hall–Kier alpha value is -1.35. The molecule has 0 unspecified atom stereocenters. The van der Waals surface area contributed by atoms with Gasteiger partial charge in [0, 0.05) is 10.5 Å². The summed E-state index contributed by atoms with van der Waals surface area (Å²) in [5.41, 5.74) is 2.24. The number of rotatable bonds is 2. The first-order valence-electron chi connectivity index (χ1n) is 5.25. The Balaban J connectivity index is 2.31. The highest BCUT2D eigenvalue weighted by atomic mass is 79.9. The van der Waals surface area contributed by atoms with Gasteiger partial charge in [0.1, 0.15) is 17.3 Å². The van der Waals surface area contributed by atoms with Crippen LogP contribution in [0.5, 0.6) is 11.5 Å². The largest absolute Gasteiger partial charge is 0.457 e. The first-order valence-corrected chi connectivity index (χ1v) is 6.04. The average molecular weight is 295 g/mol. The minimum atomic E-state index is -0.321. The summed E-state index contributed by atoms with van der Waals surface area (Å²) in [5.74, 6) is 0.889. The maximum absolute atomic E-state index is 13.2. The van der Waals surface area contributed by atoms with E-state index >= 15 is 0 Å². The van der Waals surface area contributed by atoms with Crippen molar-refractivity contribution in [2.75, 3.05) is 0 Å². The number of hydrogen-bond acceptors (Lipinski definition) is 1. The van der Waals surface area contributed by atoms with E-state index in [9.17, 15) is 4.39 Å². The molecule has 88 valence electrons. The van der Waals surface area contributed by atoms with E-state index in [1.165, 1.54) is 12.1 Å². The zero-order valence-electron chi connectivity index (χ0n) is 9.63. The van der Waals surface area contributed by atoms with Gasteiger partial charge in [0.25, 0.3) is 0 Å². The average Bonchev–Trinajstić information content (AvgIpc) is 2.13. The summed E-state index contributed by atoms with van der Waals surface area (Å²) in [6, 6.07) is 10.4. The first kappa shape index (κ1) is 12.1. The van der Waals surface area contributed by atoms with E-state index in [-0.39, 0.29) is 5.82 Å². The maximum Gasteiger partial charge on any atom is 0.131 e. The van der Waals surface area contributed by atoms with E-state index in [0.717, 1.165) is 16.9 Å². The molecule has 0 saturated carbocycles. The molecule has 0 aromatic heterocycles. The molecule has 1 nitrogen and oxygen atoms in total. The Labute approximate surface area is 108 Å². The third-order valence-corrected chi connectivity index (χ3v) is 2.72. The van der Waals surface area contributed by atoms with Crippen molar-refractivity contribution in [1.82, 2.24) is 0 Å². The fraction of sp³-hybridized carbons (Fsp3) is 0.143. The molecule has 0 saturated heterocycles. The molecule has 0 heterocycles. The molecule has 2 rings (SSSR count). The molecule has 0 spiro atoms. The number of hydrogen-bond donors (Lipinski definition) is 0. The van der Waals surface area contributed by atoms with Gasteiger partial charge in [-0.15, -0.1) is 0 Å². The smallest absolute Gasteiger partial charge is 0.131 e. The van der Waals surface area contributed by atoms with Crippen LogP contribution in [-0.4, -0.2) is 0 Å². The second-order valence-corrected chi connectivity index (χ2v) is 4.95. The van der Waals surface area contributed by atoms with Crippen LogP contribution < -0.4 is 4.74 Å².